The molecule has 1 saturated carbocycles. The molecule has 0 unspecified atom stereocenters. The Balaban J connectivity index is 2.27. The van der Waals surface area contributed by atoms with Crippen molar-refractivity contribution in [1.29, 1.82) is 0 Å². The molecule has 2 N–H and O–H groups in total. The summed E-state index contributed by atoms with van der Waals surface area (Å²) in [6.45, 7) is 1.11. The largest absolute Gasteiger partial charge is 0.328 e. The smallest absolute Gasteiger partial charge is 0.0175 e. The summed E-state index contributed by atoms with van der Waals surface area (Å²) in [7, 11) is 4.32. The van der Waals surface area contributed by atoms with Gasteiger partial charge >= 0.3 is 0 Å². The maximum Gasteiger partial charge on any atom is 0.0175 e. The van der Waals surface area contributed by atoms with Crippen molar-refractivity contribution in [2.75, 3.05) is 20.6 Å². The molecule has 0 aromatic heterocycles. The lowest BCUT2D eigenvalue weighted by atomic mass is 9.68. The number of nitrogens with two attached hydrogens (primary N) is 1. The van der Waals surface area contributed by atoms with Crippen LogP contribution in [0.4, 0.5) is 0 Å². The number of benzene rings is 1. The minimum atomic E-state index is 0.292. The van der Waals surface area contributed by atoms with Gasteiger partial charge in [-0.2, -0.15) is 0 Å². The van der Waals surface area contributed by atoms with E-state index < -0.39 is 0 Å². The van der Waals surface area contributed by atoms with Gasteiger partial charge in [0.2, 0.25) is 0 Å². The van der Waals surface area contributed by atoms with Gasteiger partial charge in [0.25, 0.3) is 0 Å². The summed E-state index contributed by atoms with van der Waals surface area (Å²) in [4.78, 5) is 2.30. The van der Waals surface area contributed by atoms with Crippen molar-refractivity contribution in [2.24, 2.45) is 5.73 Å². The van der Waals surface area contributed by atoms with Crippen LogP contribution in [0.2, 0.25) is 0 Å². The Kier molecular flexibility index (Phi) is 4.46. The zero-order valence-corrected chi connectivity index (χ0v) is 12.9. The molecule has 0 aliphatic heterocycles. The number of halogens is 1. The minimum Gasteiger partial charge on any atom is -0.328 e. The Morgan fingerprint density at radius 3 is 2.28 bits per heavy atom. The number of hydrogen-bond acceptors (Lipinski definition) is 2. The van der Waals surface area contributed by atoms with E-state index in [2.05, 4.69) is 59.2 Å². The molecule has 0 heterocycles. The molecule has 0 atom stereocenters. The summed E-state index contributed by atoms with van der Waals surface area (Å²) in [5.74, 6) is 0. The molecule has 2 nitrogen and oxygen atoms in total. The van der Waals surface area contributed by atoms with E-state index in [1.165, 1.54) is 18.4 Å². The van der Waals surface area contributed by atoms with Gasteiger partial charge in [0.1, 0.15) is 0 Å². The third-order valence-corrected chi connectivity index (χ3v) is 4.59. The van der Waals surface area contributed by atoms with E-state index >= 15 is 0 Å². The van der Waals surface area contributed by atoms with Gasteiger partial charge in [-0.1, -0.05) is 28.1 Å². The fourth-order valence-electron chi connectivity index (χ4n) is 3.14. The van der Waals surface area contributed by atoms with Gasteiger partial charge in [0, 0.05) is 22.5 Å². The molecule has 1 aromatic rings. The van der Waals surface area contributed by atoms with E-state index in [-0.39, 0.29) is 0 Å². The number of rotatable bonds is 3. The highest BCUT2D eigenvalue weighted by atomic mass is 79.9. The molecule has 0 bridgehead atoms. The van der Waals surface area contributed by atoms with E-state index in [0.29, 0.717) is 11.5 Å². The Bertz CT molecular complexity index is 378. The molecule has 1 aliphatic carbocycles. The molecular formula is C15H23BrN2. The maximum atomic E-state index is 6.07. The first-order valence-electron chi connectivity index (χ1n) is 6.68. The zero-order valence-electron chi connectivity index (χ0n) is 11.3. The van der Waals surface area contributed by atoms with Crippen molar-refractivity contribution < 1.29 is 0 Å². The van der Waals surface area contributed by atoms with Gasteiger partial charge in [-0.3, -0.25) is 0 Å². The van der Waals surface area contributed by atoms with Crippen LogP contribution < -0.4 is 5.73 Å². The molecule has 0 spiro atoms. The number of likely N-dealkylation sites (N-methyl/N-ethyl adjacent to an activating group) is 1. The predicted octanol–water partition coefficient (Wildman–Crippen LogP) is 3.15. The number of hydrogen-bond donors (Lipinski definition) is 1. The molecule has 1 aliphatic rings. The zero-order chi connectivity index (χ0) is 13.2. The highest BCUT2D eigenvalue weighted by Crippen LogP contribution is 2.39. The Morgan fingerprint density at radius 2 is 1.78 bits per heavy atom. The van der Waals surface area contributed by atoms with Gasteiger partial charge in [-0.25, -0.2) is 0 Å². The molecule has 100 valence electrons. The van der Waals surface area contributed by atoms with Gasteiger partial charge in [0.05, 0.1) is 0 Å². The summed E-state index contributed by atoms with van der Waals surface area (Å²) in [5.41, 5.74) is 7.82. The van der Waals surface area contributed by atoms with Crippen molar-refractivity contribution in [3.05, 3.63) is 34.3 Å². The summed E-state index contributed by atoms with van der Waals surface area (Å²) in [6.07, 6.45) is 4.69. The Labute approximate surface area is 119 Å². The van der Waals surface area contributed by atoms with Crippen LogP contribution in [0.15, 0.2) is 28.7 Å². The molecule has 2 rings (SSSR count). The van der Waals surface area contributed by atoms with Crippen molar-refractivity contribution in [2.45, 2.75) is 37.1 Å². The lowest BCUT2D eigenvalue weighted by Crippen LogP contribution is -2.43. The summed E-state index contributed by atoms with van der Waals surface area (Å²) in [6, 6.07) is 9.24. The molecule has 1 fully saturated rings. The molecule has 0 saturated heterocycles. The average Bonchev–Trinajstić information content (AvgIpc) is 2.33. The second-order valence-corrected chi connectivity index (χ2v) is 6.78. The normalized spacial score (nSPS) is 28.6. The molecule has 0 radical (unpaired) electrons. The highest BCUT2D eigenvalue weighted by molar-refractivity contribution is 9.10. The van der Waals surface area contributed by atoms with E-state index in [0.717, 1.165) is 23.9 Å². The fraction of sp³-hybridized carbons (Fsp3) is 0.600. The first-order valence-corrected chi connectivity index (χ1v) is 7.47. The second kappa shape index (κ2) is 5.72. The van der Waals surface area contributed by atoms with E-state index in [1.807, 2.05) is 0 Å². The Hall–Kier alpha value is -0.380. The Morgan fingerprint density at radius 1 is 1.22 bits per heavy atom. The minimum absolute atomic E-state index is 0.292. The van der Waals surface area contributed by atoms with E-state index in [4.69, 9.17) is 5.73 Å². The van der Waals surface area contributed by atoms with Crippen LogP contribution >= 0.6 is 15.9 Å². The summed E-state index contributed by atoms with van der Waals surface area (Å²) in [5, 5.41) is 0. The summed E-state index contributed by atoms with van der Waals surface area (Å²) >= 11 is 3.52. The average molecular weight is 311 g/mol. The fourth-order valence-corrected chi connectivity index (χ4v) is 3.40. The first-order chi connectivity index (χ1) is 8.52. The lowest BCUT2D eigenvalue weighted by Gasteiger charge is -2.41. The highest BCUT2D eigenvalue weighted by Gasteiger charge is 2.36. The first kappa shape index (κ1) is 14.0. The number of nitrogens with zero attached hydrogens (tertiary/aromatic N) is 1. The van der Waals surface area contributed by atoms with Crippen LogP contribution in [-0.4, -0.2) is 31.6 Å². The topological polar surface area (TPSA) is 29.3 Å². The molecule has 1 aromatic carbocycles. The standard InChI is InChI=1S/C15H23BrN2/c1-18(2)11-15(9-7-14(17)8-10-15)12-3-5-13(16)6-4-12/h3-6,14H,7-11,17H2,1-2H3. The quantitative estimate of drug-likeness (QED) is 0.929. The molecule has 18 heavy (non-hydrogen) atoms. The molecule has 0 amide bonds. The van der Waals surface area contributed by atoms with Gasteiger partial charge in [0.15, 0.2) is 0 Å². The monoisotopic (exact) mass is 310 g/mol. The van der Waals surface area contributed by atoms with Crippen molar-refractivity contribution >= 4 is 15.9 Å². The van der Waals surface area contributed by atoms with Gasteiger partial charge < -0.3 is 10.6 Å². The predicted molar refractivity (Wildman–Crippen MR) is 80.8 cm³/mol. The van der Waals surface area contributed by atoms with Crippen LogP contribution in [0, 0.1) is 0 Å². The van der Waals surface area contributed by atoms with Crippen LogP contribution in [0.1, 0.15) is 31.2 Å². The van der Waals surface area contributed by atoms with Crippen LogP contribution in [-0.2, 0) is 5.41 Å². The third-order valence-electron chi connectivity index (χ3n) is 4.06. The second-order valence-electron chi connectivity index (χ2n) is 5.86. The molecule has 3 heteroatoms. The van der Waals surface area contributed by atoms with E-state index in [1.54, 1.807) is 0 Å². The van der Waals surface area contributed by atoms with Crippen LogP contribution in [0.3, 0.4) is 0 Å². The maximum absolute atomic E-state index is 6.07. The van der Waals surface area contributed by atoms with Gasteiger partial charge in [-0.05, 0) is 57.5 Å². The SMILES string of the molecule is CN(C)CC1(c2ccc(Br)cc2)CCC(N)CC1. The van der Waals surface area contributed by atoms with Crippen LogP contribution in [0.25, 0.3) is 0 Å². The van der Waals surface area contributed by atoms with Crippen molar-refractivity contribution in [3.8, 4) is 0 Å². The van der Waals surface area contributed by atoms with E-state index in [9.17, 15) is 0 Å². The van der Waals surface area contributed by atoms with Gasteiger partial charge in [-0.15, -0.1) is 0 Å². The molecular weight excluding hydrogens is 288 g/mol. The summed E-state index contributed by atoms with van der Waals surface area (Å²) < 4.78 is 1.15. The van der Waals surface area contributed by atoms with Crippen molar-refractivity contribution in [1.82, 2.24) is 4.90 Å². The third kappa shape index (κ3) is 3.14. The van der Waals surface area contributed by atoms with Crippen molar-refractivity contribution in [3.63, 3.8) is 0 Å². The van der Waals surface area contributed by atoms with Crippen LogP contribution in [0.5, 0.6) is 0 Å². The lowest BCUT2D eigenvalue weighted by molar-refractivity contribution is 0.204.